The number of hydrogen-bond donors (Lipinski definition) is 0. The largest absolute Gasteiger partial charge is 0.462 e. The van der Waals surface area contributed by atoms with Crippen molar-refractivity contribution in [3.8, 4) is 0 Å². The smallest absolute Gasteiger partial charge is 0.368 e. The number of rotatable bonds is 8. The molecule has 0 radical (unpaired) electrons. The molecule has 5 nitrogen and oxygen atoms in total. The van der Waals surface area contributed by atoms with E-state index in [-0.39, 0.29) is 25.1 Å². The first-order chi connectivity index (χ1) is 10.5. The van der Waals surface area contributed by atoms with E-state index in [1.807, 2.05) is 0 Å². The number of esters is 1. The lowest BCUT2D eigenvalue weighted by atomic mass is 10.2. The molecule has 122 valence electrons. The number of benzene rings is 1. The van der Waals surface area contributed by atoms with Gasteiger partial charge in [-0.2, -0.15) is 0 Å². The van der Waals surface area contributed by atoms with Crippen LogP contribution in [0.4, 0.5) is 4.39 Å². The van der Waals surface area contributed by atoms with Crippen LogP contribution in [-0.4, -0.2) is 25.8 Å². The third-order valence-electron chi connectivity index (χ3n) is 2.55. The normalized spacial score (nSPS) is 12.3. The predicted molar refractivity (Wildman–Crippen MR) is 81.9 cm³/mol. The van der Waals surface area contributed by atoms with Crippen LogP contribution < -0.4 is 0 Å². The predicted octanol–water partition coefficient (Wildman–Crippen LogP) is 4.00. The SMILES string of the molecule is CCOC(=O)C(=Cc1ccc(F)cc1)P(=O)(OCC)OCC. The molecule has 0 heterocycles. The van der Waals surface area contributed by atoms with E-state index >= 15 is 0 Å². The summed E-state index contributed by atoms with van der Waals surface area (Å²) >= 11 is 0. The zero-order valence-corrected chi connectivity index (χ0v) is 13.8. The van der Waals surface area contributed by atoms with Crippen LogP contribution in [0, 0.1) is 5.82 Å². The fourth-order valence-corrected chi connectivity index (χ4v) is 3.32. The van der Waals surface area contributed by atoms with Crippen molar-refractivity contribution in [2.45, 2.75) is 20.8 Å². The lowest BCUT2D eigenvalue weighted by Crippen LogP contribution is -2.11. The van der Waals surface area contributed by atoms with Gasteiger partial charge in [0.2, 0.25) is 0 Å². The van der Waals surface area contributed by atoms with Crippen molar-refractivity contribution in [1.29, 1.82) is 0 Å². The maximum Gasteiger partial charge on any atom is 0.368 e. The lowest BCUT2D eigenvalue weighted by molar-refractivity contribution is -0.137. The molecule has 0 spiro atoms. The van der Waals surface area contributed by atoms with E-state index in [1.165, 1.54) is 30.3 Å². The summed E-state index contributed by atoms with van der Waals surface area (Å²) in [6.07, 6.45) is 1.34. The van der Waals surface area contributed by atoms with E-state index in [0.29, 0.717) is 5.56 Å². The first-order valence-electron chi connectivity index (χ1n) is 7.00. The summed E-state index contributed by atoms with van der Waals surface area (Å²) in [5.74, 6) is -1.19. The monoisotopic (exact) mass is 330 g/mol. The molecule has 0 fully saturated rings. The third kappa shape index (κ3) is 5.05. The molecule has 22 heavy (non-hydrogen) atoms. The fourth-order valence-electron chi connectivity index (χ4n) is 1.69. The van der Waals surface area contributed by atoms with Crippen LogP contribution >= 0.6 is 7.60 Å². The topological polar surface area (TPSA) is 61.8 Å². The first kappa shape index (κ1) is 18.6. The van der Waals surface area contributed by atoms with Crippen molar-refractivity contribution in [2.24, 2.45) is 0 Å². The van der Waals surface area contributed by atoms with Gasteiger partial charge in [0.25, 0.3) is 0 Å². The van der Waals surface area contributed by atoms with Crippen molar-refractivity contribution in [3.05, 3.63) is 41.0 Å². The molecule has 1 aromatic carbocycles. The average Bonchev–Trinajstić information content (AvgIpc) is 2.47. The molecule has 7 heteroatoms. The molecule has 0 N–H and O–H groups in total. The number of carbonyl (C=O) groups is 1. The van der Waals surface area contributed by atoms with Crippen LogP contribution in [0.5, 0.6) is 0 Å². The van der Waals surface area contributed by atoms with E-state index in [0.717, 1.165) is 0 Å². The molecular formula is C15H20FO5P. The Morgan fingerprint density at radius 2 is 1.64 bits per heavy atom. The zero-order valence-electron chi connectivity index (χ0n) is 12.9. The van der Waals surface area contributed by atoms with Crippen LogP contribution in [0.3, 0.4) is 0 Å². The van der Waals surface area contributed by atoms with Crippen LogP contribution in [0.15, 0.2) is 29.6 Å². The first-order valence-corrected chi connectivity index (χ1v) is 8.55. The summed E-state index contributed by atoms with van der Waals surface area (Å²) in [6.45, 7) is 5.27. The van der Waals surface area contributed by atoms with Gasteiger partial charge in [0, 0.05) is 0 Å². The summed E-state index contributed by atoms with van der Waals surface area (Å²) < 4.78 is 41.1. The van der Waals surface area contributed by atoms with Gasteiger partial charge in [-0.05, 0) is 44.5 Å². The van der Waals surface area contributed by atoms with Gasteiger partial charge in [-0.25, -0.2) is 9.18 Å². The maximum absolute atomic E-state index is 13.0. The van der Waals surface area contributed by atoms with Crippen LogP contribution in [-0.2, 0) is 23.1 Å². The Hall–Kier alpha value is -1.49. The lowest BCUT2D eigenvalue weighted by Gasteiger charge is -2.19. The van der Waals surface area contributed by atoms with Gasteiger partial charge in [0.05, 0.1) is 19.8 Å². The van der Waals surface area contributed by atoms with Gasteiger partial charge in [-0.15, -0.1) is 0 Å². The maximum atomic E-state index is 13.0. The minimum absolute atomic E-state index is 0.109. The molecule has 0 amide bonds. The summed E-state index contributed by atoms with van der Waals surface area (Å²) in [6, 6.07) is 5.38. The average molecular weight is 330 g/mol. The Balaban J connectivity index is 3.29. The Bertz CT molecular complexity index is 558. The van der Waals surface area contributed by atoms with Crippen molar-refractivity contribution in [1.82, 2.24) is 0 Å². The molecule has 0 aliphatic rings. The number of carbonyl (C=O) groups excluding carboxylic acids is 1. The van der Waals surface area contributed by atoms with Gasteiger partial charge in [0.15, 0.2) is 0 Å². The molecule has 1 aromatic rings. The zero-order chi connectivity index (χ0) is 16.6. The second-order valence-corrected chi connectivity index (χ2v) is 6.13. The molecule has 0 atom stereocenters. The van der Waals surface area contributed by atoms with Gasteiger partial charge in [0.1, 0.15) is 11.1 Å². The van der Waals surface area contributed by atoms with Gasteiger partial charge in [-0.1, -0.05) is 12.1 Å². The Morgan fingerprint density at radius 3 is 2.09 bits per heavy atom. The minimum atomic E-state index is -3.80. The second-order valence-electron chi connectivity index (χ2n) is 4.13. The summed E-state index contributed by atoms with van der Waals surface area (Å²) in [7, 11) is -3.80. The molecule has 0 aromatic heterocycles. The molecule has 0 aliphatic heterocycles. The third-order valence-corrected chi connectivity index (χ3v) is 4.65. The molecule has 0 saturated heterocycles. The molecule has 0 saturated carbocycles. The molecule has 1 rings (SSSR count). The van der Waals surface area contributed by atoms with Crippen LogP contribution in [0.1, 0.15) is 26.3 Å². The van der Waals surface area contributed by atoms with Gasteiger partial charge >= 0.3 is 13.6 Å². The summed E-state index contributed by atoms with van der Waals surface area (Å²) in [4.78, 5) is 12.1. The number of hydrogen-bond acceptors (Lipinski definition) is 5. The second kappa shape index (κ2) is 8.83. The van der Waals surface area contributed by atoms with E-state index < -0.39 is 19.4 Å². The van der Waals surface area contributed by atoms with Crippen molar-refractivity contribution < 1.29 is 27.5 Å². The van der Waals surface area contributed by atoms with Gasteiger partial charge < -0.3 is 13.8 Å². The fraction of sp³-hybridized carbons (Fsp3) is 0.400. The molecular weight excluding hydrogens is 310 g/mol. The highest BCUT2D eigenvalue weighted by molar-refractivity contribution is 7.60. The van der Waals surface area contributed by atoms with E-state index in [4.69, 9.17) is 13.8 Å². The number of ether oxygens (including phenoxy) is 1. The highest BCUT2D eigenvalue weighted by atomic mass is 31.2. The van der Waals surface area contributed by atoms with E-state index in [2.05, 4.69) is 0 Å². The van der Waals surface area contributed by atoms with Crippen LogP contribution in [0.2, 0.25) is 0 Å². The summed E-state index contributed by atoms with van der Waals surface area (Å²) in [5, 5.41) is -0.204. The quantitative estimate of drug-likeness (QED) is 0.410. The molecule has 0 bridgehead atoms. The number of halogens is 1. The van der Waals surface area contributed by atoms with Crippen molar-refractivity contribution in [3.63, 3.8) is 0 Å². The van der Waals surface area contributed by atoms with Crippen molar-refractivity contribution >= 4 is 19.6 Å². The Kier molecular flexibility index (Phi) is 7.45. The Morgan fingerprint density at radius 1 is 1.09 bits per heavy atom. The molecule has 0 aliphatic carbocycles. The van der Waals surface area contributed by atoms with E-state index in [1.54, 1.807) is 20.8 Å². The summed E-state index contributed by atoms with van der Waals surface area (Å²) in [5.41, 5.74) is 0.490. The minimum Gasteiger partial charge on any atom is -0.462 e. The van der Waals surface area contributed by atoms with E-state index in [9.17, 15) is 13.8 Å². The van der Waals surface area contributed by atoms with Crippen LogP contribution in [0.25, 0.3) is 6.08 Å². The van der Waals surface area contributed by atoms with Gasteiger partial charge in [-0.3, -0.25) is 4.57 Å². The Labute approximate surface area is 129 Å². The molecule has 0 unspecified atom stereocenters. The van der Waals surface area contributed by atoms with Crippen molar-refractivity contribution in [2.75, 3.05) is 19.8 Å². The highest BCUT2D eigenvalue weighted by Crippen LogP contribution is 2.57. The standard InChI is InChI=1S/C15H20FO5P/c1-4-19-15(17)14(22(18,20-5-2)21-6-3)11-12-7-9-13(16)10-8-12/h7-11H,4-6H2,1-3H3. The highest BCUT2D eigenvalue weighted by Gasteiger charge is 2.36.